The zero-order chi connectivity index (χ0) is 53.4. The molecule has 0 aliphatic heterocycles. The van der Waals surface area contributed by atoms with Crippen LogP contribution in [-0.4, -0.2) is 19.5 Å². The summed E-state index contributed by atoms with van der Waals surface area (Å²) in [5.74, 6) is 1.79. The Morgan fingerprint density at radius 1 is 0.296 bits per heavy atom. The Labute approximate surface area is 470 Å². The number of aromatic nitrogens is 4. The number of hydrogen-bond donors (Lipinski definition) is 0. The highest BCUT2D eigenvalue weighted by molar-refractivity contribution is 6.17. The molecule has 1 spiro atoms. The van der Waals surface area contributed by atoms with Crippen LogP contribution in [0.3, 0.4) is 0 Å². The predicted molar refractivity (Wildman–Crippen MR) is 332 cm³/mol. The van der Waals surface area contributed by atoms with Crippen LogP contribution in [0.4, 0.5) is 17.1 Å². The molecule has 0 bridgehead atoms. The number of nitrogens with zero attached hydrogens (tertiary/aromatic N) is 5. The largest absolute Gasteiger partial charge is 0.310 e. The molecule has 0 radical (unpaired) electrons. The third-order valence-corrected chi connectivity index (χ3v) is 16.7. The average Bonchev–Trinajstić information content (AvgIpc) is 3.78. The van der Waals surface area contributed by atoms with Crippen LogP contribution >= 0.6 is 0 Å². The van der Waals surface area contributed by atoms with Gasteiger partial charge in [-0.3, -0.25) is 4.57 Å². The van der Waals surface area contributed by atoms with E-state index in [1.54, 1.807) is 0 Å². The van der Waals surface area contributed by atoms with Gasteiger partial charge in [0.1, 0.15) is 0 Å². The quantitative estimate of drug-likeness (QED) is 0.145. The SMILES string of the molecule is c1ccc(-c2ccc(N(c3ccc(-c4ccc5c(c4)c4ccc6c(c4n5-c4nc(-c5ccccc5)nc(-c5ccccc5)n4)-c4ccccc4C64c5ccccc5-c5ccccc54)cc3)c3ccccc3-c3ccccc3)cc2)cc1. The van der Waals surface area contributed by atoms with Crippen molar-refractivity contribution in [1.29, 1.82) is 0 Å². The minimum atomic E-state index is -0.537. The normalized spacial score (nSPS) is 12.5. The van der Waals surface area contributed by atoms with Gasteiger partial charge in [0.25, 0.3) is 0 Å². The summed E-state index contributed by atoms with van der Waals surface area (Å²) in [5.41, 5.74) is 23.6. The lowest BCUT2D eigenvalue weighted by molar-refractivity contribution is 0.794. The molecule has 16 rings (SSSR count). The molecule has 2 aliphatic rings. The Hall–Kier alpha value is -10.8. The summed E-state index contributed by atoms with van der Waals surface area (Å²) in [5, 5.41) is 2.24. The van der Waals surface area contributed by atoms with Gasteiger partial charge in [0.15, 0.2) is 11.6 Å². The molecule has 5 heteroatoms. The summed E-state index contributed by atoms with van der Waals surface area (Å²) in [6.45, 7) is 0. The Morgan fingerprint density at radius 2 is 0.728 bits per heavy atom. The fourth-order valence-electron chi connectivity index (χ4n) is 13.2. The van der Waals surface area contributed by atoms with Gasteiger partial charge < -0.3 is 4.90 Å². The lowest BCUT2D eigenvalue weighted by atomic mass is 9.70. The number of fused-ring (bicyclic) bond motifs is 14. The molecule has 2 aliphatic carbocycles. The number of para-hydroxylation sites is 1. The van der Waals surface area contributed by atoms with Crippen molar-refractivity contribution in [2.45, 2.75) is 5.41 Å². The first-order valence-corrected chi connectivity index (χ1v) is 27.7. The summed E-state index contributed by atoms with van der Waals surface area (Å²) < 4.78 is 2.32. The van der Waals surface area contributed by atoms with E-state index in [4.69, 9.17) is 15.0 Å². The topological polar surface area (TPSA) is 46.8 Å². The van der Waals surface area contributed by atoms with E-state index in [1.807, 2.05) is 36.4 Å². The molecular formula is C76H49N5. The Morgan fingerprint density at radius 3 is 1.30 bits per heavy atom. The highest BCUT2D eigenvalue weighted by Crippen LogP contribution is 2.64. The highest BCUT2D eigenvalue weighted by atomic mass is 15.2. The van der Waals surface area contributed by atoms with E-state index in [2.05, 4.69) is 270 Å². The van der Waals surface area contributed by atoms with Gasteiger partial charge in [-0.15, -0.1) is 0 Å². The minimum Gasteiger partial charge on any atom is -0.310 e. The van der Waals surface area contributed by atoms with E-state index < -0.39 is 5.41 Å². The molecule has 0 N–H and O–H groups in total. The molecule has 0 saturated carbocycles. The van der Waals surface area contributed by atoms with Crippen molar-refractivity contribution >= 4 is 38.9 Å². The maximum absolute atomic E-state index is 5.45. The zero-order valence-electron chi connectivity index (χ0n) is 44.0. The molecule has 2 heterocycles. The van der Waals surface area contributed by atoms with Gasteiger partial charge in [0.2, 0.25) is 5.95 Å². The van der Waals surface area contributed by atoms with Crippen LogP contribution in [-0.2, 0) is 5.41 Å². The maximum atomic E-state index is 5.45. The molecule has 378 valence electrons. The van der Waals surface area contributed by atoms with E-state index >= 15 is 0 Å². The molecule has 5 nitrogen and oxygen atoms in total. The van der Waals surface area contributed by atoms with Gasteiger partial charge in [0, 0.05) is 44.4 Å². The first-order valence-electron chi connectivity index (χ1n) is 27.7. The lowest BCUT2D eigenvalue weighted by Gasteiger charge is -2.30. The van der Waals surface area contributed by atoms with Crippen LogP contribution < -0.4 is 4.90 Å². The van der Waals surface area contributed by atoms with Gasteiger partial charge in [-0.1, -0.05) is 255 Å². The van der Waals surface area contributed by atoms with Gasteiger partial charge in [-0.2, -0.15) is 9.97 Å². The molecule has 0 atom stereocenters. The third-order valence-electron chi connectivity index (χ3n) is 16.7. The highest BCUT2D eigenvalue weighted by Gasteiger charge is 2.52. The number of hydrogen-bond acceptors (Lipinski definition) is 4. The summed E-state index contributed by atoms with van der Waals surface area (Å²) in [7, 11) is 0. The second kappa shape index (κ2) is 18.7. The van der Waals surface area contributed by atoms with Crippen molar-refractivity contribution in [3.63, 3.8) is 0 Å². The molecule has 2 aromatic heterocycles. The van der Waals surface area contributed by atoms with Crippen LogP contribution in [0.2, 0.25) is 0 Å². The standard InChI is InChI=1S/C76H49N5/c1-5-21-50(22-6-1)51-37-42-57(43-38-51)80(69-36-20-16-29-59(69)53-23-7-2-8-24-53)58-44-39-52(40-45-58)56-41-48-70-64(49-56)62-46-47-68-71(63-32-15-19-35-67(63)76(68)65-33-17-13-30-60(65)61-31-14-18-34-66(61)76)72(62)81(70)75-78-73(54-25-9-3-10-26-54)77-74(79-75)55-27-11-4-12-28-55/h1-49H. The van der Waals surface area contributed by atoms with E-state index in [-0.39, 0.29) is 0 Å². The van der Waals surface area contributed by atoms with Crippen molar-refractivity contribution in [1.82, 2.24) is 19.5 Å². The fraction of sp³-hybridized carbons (Fsp3) is 0.0132. The van der Waals surface area contributed by atoms with Crippen molar-refractivity contribution < 1.29 is 0 Å². The van der Waals surface area contributed by atoms with Crippen LogP contribution in [0.25, 0.3) is 106 Å². The van der Waals surface area contributed by atoms with Crippen molar-refractivity contribution in [3.8, 4) is 84.4 Å². The zero-order valence-corrected chi connectivity index (χ0v) is 44.0. The first kappa shape index (κ1) is 46.4. The fourth-order valence-corrected chi connectivity index (χ4v) is 13.2. The van der Waals surface area contributed by atoms with Crippen LogP contribution in [0.15, 0.2) is 297 Å². The summed E-state index contributed by atoms with van der Waals surface area (Å²) in [4.78, 5) is 18.5. The van der Waals surface area contributed by atoms with Gasteiger partial charge in [0.05, 0.1) is 22.1 Å². The maximum Gasteiger partial charge on any atom is 0.238 e. The second-order valence-corrected chi connectivity index (χ2v) is 21.0. The molecule has 0 saturated heterocycles. The summed E-state index contributed by atoms with van der Waals surface area (Å²) >= 11 is 0. The molecule has 14 aromatic rings. The van der Waals surface area contributed by atoms with Crippen molar-refractivity contribution in [2.24, 2.45) is 0 Å². The van der Waals surface area contributed by atoms with E-state index in [0.717, 1.165) is 72.2 Å². The predicted octanol–water partition coefficient (Wildman–Crippen LogP) is 19.1. The van der Waals surface area contributed by atoms with E-state index in [0.29, 0.717) is 17.6 Å². The number of anilines is 3. The molecule has 0 amide bonds. The third kappa shape index (κ3) is 7.29. The Kier molecular flexibility index (Phi) is 10.7. The molecule has 12 aromatic carbocycles. The van der Waals surface area contributed by atoms with Crippen LogP contribution in [0.1, 0.15) is 22.3 Å². The number of benzene rings is 12. The molecule has 0 unspecified atom stereocenters. The summed E-state index contributed by atoms with van der Waals surface area (Å²) in [6.07, 6.45) is 0. The van der Waals surface area contributed by atoms with Gasteiger partial charge in [-0.25, -0.2) is 4.98 Å². The minimum absolute atomic E-state index is 0.537. The number of rotatable bonds is 9. The van der Waals surface area contributed by atoms with Crippen LogP contribution in [0.5, 0.6) is 0 Å². The van der Waals surface area contributed by atoms with E-state index in [9.17, 15) is 0 Å². The molecular weight excluding hydrogens is 983 g/mol. The molecule has 81 heavy (non-hydrogen) atoms. The van der Waals surface area contributed by atoms with Gasteiger partial charge >= 0.3 is 0 Å². The van der Waals surface area contributed by atoms with Crippen molar-refractivity contribution in [2.75, 3.05) is 4.90 Å². The Bertz CT molecular complexity index is 4620. The molecule has 0 fully saturated rings. The summed E-state index contributed by atoms with van der Waals surface area (Å²) in [6, 6.07) is 107. The van der Waals surface area contributed by atoms with Crippen molar-refractivity contribution in [3.05, 3.63) is 320 Å². The van der Waals surface area contributed by atoms with Crippen LogP contribution in [0, 0.1) is 0 Å². The monoisotopic (exact) mass is 1030 g/mol. The van der Waals surface area contributed by atoms with E-state index in [1.165, 1.54) is 55.6 Å². The lowest BCUT2D eigenvalue weighted by Crippen LogP contribution is -2.25. The smallest absolute Gasteiger partial charge is 0.238 e. The average molecular weight is 1030 g/mol. The Balaban J connectivity index is 0.910. The second-order valence-electron chi connectivity index (χ2n) is 21.0. The van der Waals surface area contributed by atoms with Gasteiger partial charge in [-0.05, 0) is 109 Å². The first-order chi connectivity index (χ1) is 40.2.